The molecule has 0 N–H and O–H groups in total. The van der Waals surface area contributed by atoms with E-state index in [0.29, 0.717) is 10.7 Å². The number of hydrogen-bond donors (Lipinski definition) is 0. The summed E-state index contributed by atoms with van der Waals surface area (Å²) in [5.41, 5.74) is 0.476. The van der Waals surface area contributed by atoms with Crippen LogP contribution in [0.2, 0.25) is 5.02 Å². The van der Waals surface area contributed by atoms with Gasteiger partial charge in [-0.3, -0.25) is 4.31 Å². The molecule has 0 bridgehead atoms. The van der Waals surface area contributed by atoms with Crippen LogP contribution in [0, 0.1) is 5.82 Å². The maximum absolute atomic E-state index is 12.9. The first-order valence-electron chi connectivity index (χ1n) is 5.99. The molecule has 0 unspecified atom stereocenters. The van der Waals surface area contributed by atoms with Gasteiger partial charge in [0.1, 0.15) is 5.82 Å². The molecule has 0 heterocycles. The predicted octanol–water partition coefficient (Wildman–Crippen LogP) is 3.69. The second kappa shape index (κ2) is 5.81. The van der Waals surface area contributed by atoms with Crippen molar-refractivity contribution in [3.63, 3.8) is 0 Å². The average molecular weight is 314 g/mol. The lowest BCUT2D eigenvalue weighted by Gasteiger charge is -2.23. The fourth-order valence-electron chi connectivity index (χ4n) is 1.86. The van der Waals surface area contributed by atoms with E-state index in [0.717, 1.165) is 12.1 Å². The van der Waals surface area contributed by atoms with Gasteiger partial charge in [0.15, 0.2) is 0 Å². The fraction of sp³-hybridized carbons (Fsp3) is 0.143. The summed E-state index contributed by atoms with van der Waals surface area (Å²) in [5, 5.41) is 0.454. The Morgan fingerprint density at radius 3 is 2.35 bits per heavy atom. The molecule has 0 radical (unpaired) electrons. The third kappa shape index (κ3) is 2.94. The highest BCUT2D eigenvalue weighted by Crippen LogP contribution is 2.25. The topological polar surface area (TPSA) is 37.4 Å². The quantitative estimate of drug-likeness (QED) is 0.863. The molecule has 20 heavy (non-hydrogen) atoms. The maximum atomic E-state index is 12.9. The first-order chi connectivity index (χ1) is 9.45. The summed E-state index contributed by atoms with van der Waals surface area (Å²) in [4.78, 5) is 0.0423. The first-order valence-corrected chi connectivity index (χ1v) is 7.81. The monoisotopic (exact) mass is 313 g/mol. The normalized spacial score (nSPS) is 11.3. The van der Waals surface area contributed by atoms with Gasteiger partial charge in [-0.1, -0.05) is 17.7 Å². The van der Waals surface area contributed by atoms with Gasteiger partial charge in [-0.25, -0.2) is 12.8 Å². The van der Waals surface area contributed by atoms with E-state index in [1.807, 2.05) is 0 Å². The minimum atomic E-state index is -3.73. The van der Waals surface area contributed by atoms with Crippen LogP contribution in [0.1, 0.15) is 6.92 Å². The molecule has 0 fully saturated rings. The Kier molecular flexibility index (Phi) is 4.30. The number of anilines is 1. The molecule has 0 amide bonds. The second-order valence-corrected chi connectivity index (χ2v) is 6.40. The Morgan fingerprint density at radius 2 is 1.80 bits per heavy atom. The standard InChI is InChI=1S/C14H13ClFNO2S/c1-2-17(13-5-3-4-11(15)10-13)20(18,19)14-8-6-12(16)7-9-14/h3-10H,2H2,1H3. The van der Waals surface area contributed by atoms with Crippen molar-refractivity contribution < 1.29 is 12.8 Å². The van der Waals surface area contributed by atoms with Crippen LogP contribution in [0.25, 0.3) is 0 Å². The van der Waals surface area contributed by atoms with E-state index in [-0.39, 0.29) is 11.4 Å². The van der Waals surface area contributed by atoms with Crippen LogP contribution in [-0.2, 0) is 10.0 Å². The third-order valence-electron chi connectivity index (χ3n) is 2.79. The van der Waals surface area contributed by atoms with Gasteiger partial charge in [0, 0.05) is 11.6 Å². The molecule has 0 spiro atoms. The summed E-state index contributed by atoms with van der Waals surface area (Å²) in [6.07, 6.45) is 0. The third-order valence-corrected chi connectivity index (χ3v) is 4.94. The molecule has 2 aromatic carbocycles. The highest BCUT2D eigenvalue weighted by atomic mass is 35.5. The van der Waals surface area contributed by atoms with E-state index in [4.69, 9.17) is 11.6 Å². The van der Waals surface area contributed by atoms with Gasteiger partial charge in [-0.05, 0) is 49.4 Å². The second-order valence-electron chi connectivity index (χ2n) is 4.10. The molecule has 106 valence electrons. The Labute approximate surface area is 122 Å². The first kappa shape index (κ1) is 14.8. The predicted molar refractivity (Wildman–Crippen MR) is 78.1 cm³/mol. The lowest BCUT2D eigenvalue weighted by atomic mass is 10.3. The van der Waals surface area contributed by atoms with E-state index in [1.54, 1.807) is 31.2 Å². The highest BCUT2D eigenvalue weighted by molar-refractivity contribution is 7.92. The van der Waals surface area contributed by atoms with Gasteiger partial charge in [0.05, 0.1) is 10.6 Å². The molecule has 0 aliphatic heterocycles. The Morgan fingerprint density at radius 1 is 1.15 bits per heavy atom. The van der Waals surface area contributed by atoms with Crippen LogP contribution in [0.15, 0.2) is 53.4 Å². The van der Waals surface area contributed by atoms with E-state index >= 15 is 0 Å². The molecule has 0 aromatic heterocycles. The largest absolute Gasteiger partial charge is 0.267 e. The van der Waals surface area contributed by atoms with Crippen LogP contribution in [-0.4, -0.2) is 15.0 Å². The van der Waals surface area contributed by atoms with Crippen molar-refractivity contribution >= 4 is 27.3 Å². The summed E-state index contributed by atoms with van der Waals surface area (Å²) in [5.74, 6) is -0.477. The van der Waals surface area contributed by atoms with Gasteiger partial charge in [-0.2, -0.15) is 0 Å². The summed E-state index contributed by atoms with van der Waals surface area (Å²) in [7, 11) is -3.73. The Balaban J connectivity index is 2.47. The van der Waals surface area contributed by atoms with E-state index in [1.165, 1.54) is 16.4 Å². The number of rotatable bonds is 4. The number of hydrogen-bond acceptors (Lipinski definition) is 2. The number of sulfonamides is 1. The number of benzene rings is 2. The maximum Gasteiger partial charge on any atom is 0.264 e. The molecular formula is C14H13ClFNO2S. The van der Waals surface area contributed by atoms with Gasteiger partial charge in [-0.15, -0.1) is 0 Å². The van der Waals surface area contributed by atoms with Crippen LogP contribution in [0.4, 0.5) is 10.1 Å². The van der Waals surface area contributed by atoms with Crippen molar-refractivity contribution in [1.29, 1.82) is 0 Å². The average Bonchev–Trinajstić information content (AvgIpc) is 2.40. The molecule has 2 rings (SSSR count). The van der Waals surface area contributed by atoms with Crippen molar-refractivity contribution in [3.8, 4) is 0 Å². The van der Waals surface area contributed by atoms with Gasteiger partial charge >= 0.3 is 0 Å². The molecule has 0 saturated carbocycles. The van der Waals surface area contributed by atoms with E-state index in [9.17, 15) is 12.8 Å². The van der Waals surface area contributed by atoms with Crippen LogP contribution >= 0.6 is 11.6 Å². The molecular weight excluding hydrogens is 301 g/mol. The number of nitrogens with zero attached hydrogens (tertiary/aromatic N) is 1. The van der Waals surface area contributed by atoms with E-state index < -0.39 is 15.8 Å². The zero-order chi connectivity index (χ0) is 14.8. The van der Waals surface area contributed by atoms with Crippen LogP contribution in [0.3, 0.4) is 0 Å². The van der Waals surface area contributed by atoms with Gasteiger partial charge < -0.3 is 0 Å². The van der Waals surface area contributed by atoms with Crippen LogP contribution < -0.4 is 4.31 Å². The lowest BCUT2D eigenvalue weighted by Crippen LogP contribution is -2.30. The smallest absolute Gasteiger partial charge is 0.264 e. The van der Waals surface area contributed by atoms with Crippen LogP contribution in [0.5, 0.6) is 0 Å². The van der Waals surface area contributed by atoms with E-state index in [2.05, 4.69) is 0 Å². The minimum absolute atomic E-state index is 0.0423. The SMILES string of the molecule is CCN(c1cccc(Cl)c1)S(=O)(=O)c1ccc(F)cc1. The van der Waals surface area contributed by atoms with Gasteiger partial charge in [0.2, 0.25) is 0 Å². The van der Waals surface area contributed by atoms with Crippen molar-refractivity contribution in [2.24, 2.45) is 0 Å². The molecule has 0 aliphatic rings. The van der Waals surface area contributed by atoms with Crippen molar-refractivity contribution in [2.75, 3.05) is 10.8 Å². The van der Waals surface area contributed by atoms with Crippen molar-refractivity contribution in [1.82, 2.24) is 0 Å². The molecule has 3 nitrogen and oxygen atoms in total. The molecule has 2 aromatic rings. The zero-order valence-electron chi connectivity index (χ0n) is 10.8. The Hall–Kier alpha value is -1.59. The van der Waals surface area contributed by atoms with Crippen molar-refractivity contribution in [2.45, 2.75) is 11.8 Å². The summed E-state index contributed by atoms with van der Waals surface area (Å²) < 4.78 is 39.2. The molecule has 0 atom stereocenters. The lowest BCUT2D eigenvalue weighted by molar-refractivity contribution is 0.590. The minimum Gasteiger partial charge on any atom is -0.267 e. The molecule has 0 aliphatic carbocycles. The fourth-order valence-corrected chi connectivity index (χ4v) is 3.51. The van der Waals surface area contributed by atoms with Crippen molar-refractivity contribution in [3.05, 3.63) is 59.4 Å². The molecule has 0 saturated heterocycles. The summed E-state index contributed by atoms with van der Waals surface area (Å²) in [6, 6.07) is 11.3. The summed E-state index contributed by atoms with van der Waals surface area (Å²) >= 11 is 5.89. The highest BCUT2D eigenvalue weighted by Gasteiger charge is 2.23. The molecule has 6 heteroatoms. The van der Waals surface area contributed by atoms with Gasteiger partial charge in [0.25, 0.3) is 10.0 Å². The Bertz CT molecular complexity index is 701. The summed E-state index contributed by atoms with van der Waals surface area (Å²) in [6.45, 7) is 1.97. The zero-order valence-corrected chi connectivity index (χ0v) is 12.3. The number of halogens is 2.